The molecular formula is C11H19NO2. The Morgan fingerprint density at radius 3 is 2.79 bits per heavy atom. The number of ether oxygens (including phenoxy) is 1. The van der Waals surface area contributed by atoms with Gasteiger partial charge in [-0.15, -0.1) is 0 Å². The van der Waals surface area contributed by atoms with Gasteiger partial charge in [-0.1, -0.05) is 0 Å². The van der Waals surface area contributed by atoms with Crippen molar-refractivity contribution in [1.82, 2.24) is 4.90 Å². The molecule has 0 aromatic heterocycles. The molecule has 80 valence electrons. The Morgan fingerprint density at radius 2 is 2.14 bits per heavy atom. The number of rotatable bonds is 2. The van der Waals surface area contributed by atoms with E-state index in [4.69, 9.17) is 4.74 Å². The molecule has 1 unspecified atom stereocenters. The Balaban J connectivity index is 1.94. The number of nitrogens with zero attached hydrogens (tertiary/aromatic N) is 1. The zero-order chi connectivity index (χ0) is 9.97. The number of carbonyl (C=O) groups is 1. The van der Waals surface area contributed by atoms with E-state index in [1.165, 1.54) is 25.7 Å². The van der Waals surface area contributed by atoms with Crippen LogP contribution in [0.5, 0.6) is 0 Å². The van der Waals surface area contributed by atoms with Gasteiger partial charge in [0.15, 0.2) is 0 Å². The highest BCUT2D eigenvalue weighted by Gasteiger charge is 2.38. The Kier molecular flexibility index (Phi) is 2.94. The second-order valence-electron chi connectivity index (χ2n) is 4.29. The average molecular weight is 197 g/mol. The van der Waals surface area contributed by atoms with E-state index in [-0.39, 0.29) is 6.09 Å². The van der Waals surface area contributed by atoms with Crippen molar-refractivity contribution in [2.75, 3.05) is 13.2 Å². The Hall–Kier alpha value is -0.730. The summed E-state index contributed by atoms with van der Waals surface area (Å²) in [6.07, 6.45) is 6.12. The van der Waals surface area contributed by atoms with Gasteiger partial charge in [0.05, 0.1) is 6.61 Å². The fraction of sp³-hybridized carbons (Fsp3) is 0.909. The van der Waals surface area contributed by atoms with Crippen LogP contribution in [0.4, 0.5) is 4.79 Å². The monoisotopic (exact) mass is 197 g/mol. The zero-order valence-corrected chi connectivity index (χ0v) is 8.87. The van der Waals surface area contributed by atoms with Gasteiger partial charge >= 0.3 is 6.09 Å². The van der Waals surface area contributed by atoms with E-state index >= 15 is 0 Å². The minimum Gasteiger partial charge on any atom is -0.450 e. The first-order valence-corrected chi connectivity index (χ1v) is 5.76. The third kappa shape index (κ3) is 2.02. The second-order valence-corrected chi connectivity index (χ2v) is 4.29. The van der Waals surface area contributed by atoms with E-state index in [0.717, 1.165) is 18.9 Å². The molecule has 1 amide bonds. The maximum absolute atomic E-state index is 11.6. The Labute approximate surface area is 85.4 Å². The van der Waals surface area contributed by atoms with Gasteiger partial charge < -0.3 is 9.64 Å². The molecule has 0 radical (unpaired) electrons. The second kappa shape index (κ2) is 4.20. The summed E-state index contributed by atoms with van der Waals surface area (Å²) in [5.74, 6) is 0.778. The molecule has 1 aliphatic carbocycles. The normalized spacial score (nSPS) is 27.5. The molecule has 1 saturated carbocycles. The lowest BCUT2D eigenvalue weighted by molar-refractivity contribution is 0.0709. The molecule has 3 heteroatoms. The fourth-order valence-electron chi connectivity index (χ4n) is 2.36. The average Bonchev–Trinajstić information content (AvgIpc) is 3.01. The first-order chi connectivity index (χ1) is 6.83. The molecule has 1 heterocycles. The molecule has 1 saturated heterocycles. The summed E-state index contributed by atoms with van der Waals surface area (Å²) in [6.45, 7) is 3.26. The molecular weight excluding hydrogens is 178 g/mol. The Bertz CT molecular complexity index is 213. The van der Waals surface area contributed by atoms with Crippen LogP contribution >= 0.6 is 0 Å². The van der Waals surface area contributed by atoms with Crippen LogP contribution in [-0.4, -0.2) is 30.2 Å². The van der Waals surface area contributed by atoms with Gasteiger partial charge in [0.1, 0.15) is 0 Å². The van der Waals surface area contributed by atoms with E-state index in [1.807, 2.05) is 11.8 Å². The van der Waals surface area contributed by atoms with E-state index < -0.39 is 0 Å². The topological polar surface area (TPSA) is 29.5 Å². The van der Waals surface area contributed by atoms with E-state index in [1.54, 1.807) is 0 Å². The van der Waals surface area contributed by atoms with Gasteiger partial charge in [-0.05, 0) is 44.9 Å². The van der Waals surface area contributed by atoms with Gasteiger partial charge in [0, 0.05) is 12.6 Å². The predicted octanol–water partition coefficient (Wildman–Crippen LogP) is 2.41. The molecule has 3 nitrogen and oxygen atoms in total. The van der Waals surface area contributed by atoms with Gasteiger partial charge in [0.2, 0.25) is 0 Å². The standard InChI is InChI=1S/C11H19NO2/c1-2-14-11(13)12-8-4-3-5-10(12)9-6-7-9/h9-10H,2-8H2,1H3. The quantitative estimate of drug-likeness (QED) is 0.680. The van der Waals surface area contributed by atoms with Crippen LogP contribution in [0.3, 0.4) is 0 Å². The third-order valence-corrected chi connectivity index (χ3v) is 3.22. The minimum absolute atomic E-state index is 0.0934. The van der Waals surface area contributed by atoms with Crippen molar-refractivity contribution < 1.29 is 9.53 Å². The third-order valence-electron chi connectivity index (χ3n) is 3.22. The Morgan fingerprint density at radius 1 is 1.36 bits per heavy atom. The van der Waals surface area contributed by atoms with Crippen molar-refractivity contribution in [2.24, 2.45) is 5.92 Å². The number of amides is 1. The van der Waals surface area contributed by atoms with Crippen LogP contribution in [0, 0.1) is 5.92 Å². The minimum atomic E-state index is -0.0934. The van der Waals surface area contributed by atoms with Crippen LogP contribution in [0.25, 0.3) is 0 Å². The molecule has 2 aliphatic rings. The molecule has 14 heavy (non-hydrogen) atoms. The van der Waals surface area contributed by atoms with Gasteiger partial charge in [-0.25, -0.2) is 4.79 Å². The van der Waals surface area contributed by atoms with Crippen molar-refractivity contribution >= 4 is 6.09 Å². The highest BCUT2D eigenvalue weighted by molar-refractivity contribution is 5.68. The highest BCUT2D eigenvalue weighted by Crippen LogP contribution is 2.39. The first kappa shape index (κ1) is 9.81. The number of carbonyl (C=O) groups excluding carboxylic acids is 1. The molecule has 0 spiro atoms. The van der Waals surface area contributed by atoms with Crippen LogP contribution in [0.15, 0.2) is 0 Å². The summed E-state index contributed by atoms with van der Waals surface area (Å²) >= 11 is 0. The number of likely N-dealkylation sites (tertiary alicyclic amines) is 1. The van der Waals surface area contributed by atoms with E-state index in [9.17, 15) is 4.79 Å². The molecule has 2 rings (SSSR count). The number of hydrogen-bond donors (Lipinski definition) is 0. The van der Waals surface area contributed by atoms with Gasteiger partial charge in [-0.3, -0.25) is 0 Å². The molecule has 0 N–H and O–H groups in total. The van der Waals surface area contributed by atoms with Crippen molar-refractivity contribution in [3.05, 3.63) is 0 Å². The van der Waals surface area contributed by atoms with Crippen LogP contribution in [-0.2, 0) is 4.74 Å². The van der Waals surface area contributed by atoms with Crippen molar-refractivity contribution in [3.63, 3.8) is 0 Å². The summed E-state index contributed by atoms with van der Waals surface area (Å²) in [5.41, 5.74) is 0. The SMILES string of the molecule is CCOC(=O)N1CCCCC1C1CC1. The number of hydrogen-bond acceptors (Lipinski definition) is 2. The summed E-state index contributed by atoms with van der Waals surface area (Å²) in [4.78, 5) is 13.6. The molecule has 1 atom stereocenters. The number of piperidine rings is 1. The maximum Gasteiger partial charge on any atom is 0.410 e. The lowest BCUT2D eigenvalue weighted by Crippen LogP contribution is -2.45. The van der Waals surface area contributed by atoms with Gasteiger partial charge in [0.25, 0.3) is 0 Å². The first-order valence-electron chi connectivity index (χ1n) is 5.76. The lowest BCUT2D eigenvalue weighted by Gasteiger charge is -2.35. The maximum atomic E-state index is 11.6. The lowest BCUT2D eigenvalue weighted by atomic mass is 9.99. The van der Waals surface area contributed by atoms with Crippen molar-refractivity contribution in [1.29, 1.82) is 0 Å². The molecule has 0 aromatic carbocycles. The molecule has 2 fully saturated rings. The zero-order valence-electron chi connectivity index (χ0n) is 8.87. The van der Waals surface area contributed by atoms with Crippen molar-refractivity contribution in [2.45, 2.75) is 45.1 Å². The van der Waals surface area contributed by atoms with Crippen LogP contribution in [0.2, 0.25) is 0 Å². The smallest absolute Gasteiger partial charge is 0.410 e. The molecule has 0 bridgehead atoms. The summed E-state index contributed by atoms with van der Waals surface area (Å²) in [6, 6.07) is 0.489. The summed E-state index contributed by atoms with van der Waals surface area (Å²) in [5, 5.41) is 0. The van der Waals surface area contributed by atoms with Crippen LogP contribution in [0.1, 0.15) is 39.0 Å². The fourth-order valence-corrected chi connectivity index (χ4v) is 2.36. The largest absolute Gasteiger partial charge is 0.450 e. The molecule has 0 aromatic rings. The predicted molar refractivity (Wildman–Crippen MR) is 54.1 cm³/mol. The summed E-state index contributed by atoms with van der Waals surface area (Å²) in [7, 11) is 0. The summed E-state index contributed by atoms with van der Waals surface area (Å²) < 4.78 is 5.08. The van der Waals surface area contributed by atoms with Crippen molar-refractivity contribution in [3.8, 4) is 0 Å². The van der Waals surface area contributed by atoms with Crippen LogP contribution < -0.4 is 0 Å². The van der Waals surface area contributed by atoms with E-state index in [2.05, 4.69) is 0 Å². The van der Waals surface area contributed by atoms with Gasteiger partial charge in [-0.2, -0.15) is 0 Å². The highest BCUT2D eigenvalue weighted by atomic mass is 16.6. The van der Waals surface area contributed by atoms with E-state index in [0.29, 0.717) is 12.6 Å². The molecule has 1 aliphatic heterocycles.